The lowest BCUT2D eigenvalue weighted by Crippen LogP contribution is -2.51. The van der Waals surface area contributed by atoms with Gasteiger partial charge in [0.15, 0.2) is 0 Å². The van der Waals surface area contributed by atoms with Crippen LogP contribution in [0, 0.1) is 11.8 Å². The summed E-state index contributed by atoms with van der Waals surface area (Å²) in [6.07, 6.45) is 8.34. The Balaban J connectivity index is 1.49. The largest absolute Gasteiger partial charge is 0.481 e. The van der Waals surface area contributed by atoms with Crippen LogP contribution in [0.1, 0.15) is 95.5 Å². The molecular formula is C32H49N3O7. The Morgan fingerprint density at radius 1 is 0.810 bits per heavy atom. The first-order valence-corrected chi connectivity index (χ1v) is 15.7. The smallest absolute Gasteiger partial charge is 0.303 e. The predicted molar refractivity (Wildman–Crippen MR) is 158 cm³/mol. The molecule has 0 saturated heterocycles. The second kappa shape index (κ2) is 17.9. The number of amides is 3. The first kappa shape index (κ1) is 33.5. The van der Waals surface area contributed by atoms with Crippen LogP contribution in [0.2, 0.25) is 0 Å². The van der Waals surface area contributed by atoms with Crippen LogP contribution >= 0.6 is 0 Å². The standard InChI is InChI=1S/C32H49N3O7/c36-27(14-8-3-9-15-29(38)39)35-26(21-23-12-6-2-7-13-23)32(42)33-19-18-28(37)34-25(20-22-10-4-1-5-11-22)31(41)30(40)24-16-17-24/h2,6-7,12-13,22,24-26,30-31,40-41H,1,3-5,8-11,14-21H2,(H,33,42)(H,34,37)(H,35,36)(H,38,39)/t25-,26-,30-,31+/m0/s1. The van der Waals surface area contributed by atoms with Gasteiger partial charge in [-0.15, -0.1) is 0 Å². The van der Waals surface area contributed by atoms with E-state index in [0.29, 0.717) is 38.0 Å². The first-order valence-electron chi connectivity index (χ1n) is 15.7. The van der Waals surface area contributed by atoms with Crippen LogP contribution in [0.25, 0.3) is 0 Å². The van der Waals surface area contributed by atoms with E-state index >= 15 is 0 Å². The third kappa shape index (κ3) is 12.5. The number of unbranched alkanes of at least 4 members (excludes halogenated alkanes) is 2. The maximum absolute atomic E-state index is 13.1. The summed E-state index contributed by atoms with van der Waals surface area (Å²) in [5, 5.41) is 38.7. The second-order valence-electron chi connectivity index (χ2n) is 12.0. The lowest BCUT2D eigenvalue weighted by molar-refractivity contribution is -0.137. The lowest BCUT2D eigenvalue weighted by Gasteiger charge is -2.32. The van der Waals surface area contributed by atoms with E-state index in [9.17, 15) is 29.4 Å². The molecule has 1 aromatic rings. The molecular weight excluding hydrogens is 538 g/mol. The Hall–Kier alpha value is -2.98. The van der Waals surface area contributed by atoms with Crippen molar-refractivity contribution in [1.82, 2.24) is 16.0 Å². The Labute approximate surface area is 249 Å². The molecule has 3 amide bonds. The maximum atomic E-state index is 13.1. The van der Waals surface area contributed by atoms with Gasteiger partial charge >= 0.3 is 5.97 Å². The highest BCUT2D eigenvalue weighted by atomic mass is 16.4. The van der Waals surface area contributed by atoms with Crippen LogP contribution in [0.15, 0.2) is 30.3 Å². The van der Waals surface area contributed by atoms with E-state index in [1.165, 1.54) is 6.42 Å². The van der Waals surface area contributed by atoms with Gasteiger partial charge in [0.25, 0.3) is 0 Å². The summed E-state index contributed by atoms with van der Waals surface area (Å²) in [4.78, 5) is 49.2. The van der Waals surface area contributed by atoms with Gasteiger partial charge in [0.1, 0.15) is 12.1 Å². The van der Waals surface area contributed by atoms with Crippen LogP contribution in [0.3, 0.4) is 0 Å². The maximum Gasteiger partial charge on any atom is 0.303 e. The summed E-state index contributed by atoms with van der Waals surface area (Å²) in [7, 11) is 0. The van der Waals surface area contributed by atoms with Crippen molar-refractivity contribution in [3.8, 4) is 0 Å². The molecule has 0 unspecified atom stereocenters. The molecule has 10 heteroatoms. The van der Waals surface area contributed by atoms with Crippen molar-refractivity contribution in [3.63, 3.8) is 0 Å². The molecule has 2 fully saturated rings. The molecule has 0 heterocycles. The number of hydrogen-bond acceptors (Lipinski definition) is 6. The molecule has 42 heavy (non-hydrogen) atoms. The molecule has 234 valence electrons. The number of benzene rings is 1. The molecule has 0 bridgehead atoms. The van der Waals surface area contributed by atoms with Crippen LogP contribution in [0.4, 0.5) is 0 Å². The molecule has 10 nitrogen and oxygen atoms in total. The predicted octanol–water partition coefficient (Wildman–Crippen LogP) is 2.84. The molecule has 2 saturated carbocycles. The van der Waals surface area contributed by atoms with Crippen molar-refractivity contribution in [2.45, 2.75) is 121 Å². The number of aliphatic hydroxyl groups is 2. The number of carboxylic acid groups (broad SMARTS) is 1. The summed E-state index contributed by atoms with van der Waals surface area (Å²) >= 11 is 0. The zero-order valence-electron chi connectivity index (χ0n) is 24.6. The van der Waals surface area contributed by atoms with Crippen molar-refractivity contribution in [1.29, 1.82) is 0 Å². The summed E-state index contributed by atoms with van der Waals surface area (Å²) in [5.41, 5.74) is 0.880. The number of hydrogen-bond donors (Lipinski definition) is 6. The molecule has 3 rings (SSSR count). The minimum atomic E-state index is -1.02. The average molecular weight is 588 g/mol. The van der Waals surface area contributed by atoms with Crippen LogP contribution in [-0.2, 0) is 25.6 Å². The molecule has 2 aliphatic carbocycles. The van der Waals surface area contributed by atoms with Gasteiger partial charge in [-0.1, -0.05) is 68.9 Å². The molecule has 2 aliphatic rings. The quantitative estimate of drug-likeness (QED) is 0.135. The average Bonchev–Trinajstić information content (AvgIpc) is 3.82. The fourth-order valence-corrected chi connectivity index (χ4v) is 5.79. The number of carbonyl (C=O) groups is 4. The fourth-order valence-electron chi connectivity index (χ4n) is 5.79. The van der Waals surface area contributed by atoms with E-state index in [-0.39, 0.29) is 43.5 Å². The van der Waals surface area contributed by atoms with E-state index in [0.717, 1.165) is 44.1 Å². The number of aliphatic carboxylic acids is 1. The van der Waals surface area contributed by atoms with Gasteiger partial charge in [-0.25, -0.2) is 0 Å². The van der Waals surface area contributed by atoms with Crippen molar-refractivity contribution >= 4 is 23.7 Å². The molecule has 0 aliphatic heterocycles. The van der Waals surface area contributed by atoms with Gasteiger partial charge in [0.05, 0.1) is 12.1 Å². The Morgan fingerprint density at radius 3 is 2.14 bits per heavy atom. The molecule has 0 radical (unpaired) electrons. The van der Waals surface area contributed by atoms with E-state index in [1.54, 1.807) is 0 Å². The highest BCUT2D eigenvalue weighted by Gasteiger charge is 2.39. The Kier molecular flexibility index (Phi) is 14.3. The first-order chi connectivity index (χ1) is 20.2. The summed E-state index contributed by atoms with van der Waals surface area (Å²) < 4.78 is 0. The van der Waals surface area contributed by atoms with Gasteiger partial charge in [0, 0.05) is 32.2 Å². The van der Waals surface area contributed by atoms with Crippen molar-refractivity contribution in [3.05, 3.63) is 35.9 Å². The van der Waals surface area contributed by atoms with Crippen molar-refractivity contribution < 1.29 is 34.5 Å². The van der Waals surface area contributed by atoms with E-state index in [2.05, 4.69) is 16.0 Å². The number of carbonyl (C=O) groups excluding carboxylic acids is 3. The molecule has 0 aromatic heterocycles. The number of rotatable bonds is 19. The lowest BCUT2D eigenvalue weighted by atomic mass is 9.82. The van der Waals surface area contributed by atoms with Gasteiger partial charge in [-0.05, 0) is 49.5 Å². The third-order valence-electron chi connectivity index (χ3n) is 8.41. The topological polar surface area (TPSA) is 165 Å². The highest BCUT2D eigenvalue weighted by Crippen LogP contribution is 2.36. The summed E-state index contributed by atoms with van der Waals surface area (Å²) in [6, 6.07) is 7.98. The van der Waals surface area contributed by atoms with Gasteiger partial charge in [0.2, 0.25) is 17.7 Å². The molecule has 4 atom stereocenters. The van der Waals surface area contributed by atoms with E-state index in [1.807, 2.05) is 30.3 Å². The normalized spacial score (nSPS) is 18.3. The van der Waals surface area contributed by atoms with Crippen molar-refractivity contribution in [2.24, 2.45) is 11.8 Å². The van der Waals surface area contributed by atoms with Gasteiger partial charge < -0.3 is 31.3 Å². The van der Waals surface area contributed by atoms with Crippen LogP contribution < -0.4 is 16.0 Å². The molecule has 6 N–H and O–H groups in total. The third-order valence-corrected chi connectivity index (χ3v) is 8.41. The van der Waals surface area contributed by atoms with Crippen LogP contribution in [-0.4, -0.2) is 69.8 Å². The Morgan fingerprint density at radius 2 is 1.48 bits per heavy atom. The SMILES string of the molecule is O=C(O)CCCCCC(=O)N[C@@H](Cc1ccccc1)C(=O)NCCC(=O)N[C@@H](CC1CCCCC1)[C@@H](O)[C@@H](O)C1CC1. The minimum absolute atomic E-state index is 0.00866. The minimum Gasteiger partial charge on any atom is -0.481 e. The fraction of sp³-hybridized carbons (Fsp3) is 0.688. The Bertz CT molecular complexity index is 995. The summed E-state index contributed by atoms with van der Waals surface area (Å²) in [5.74, 6) is -1.35. The monoisotopic (exact) mass is 587 g/mol. The zero-order valence-corrected chi connectivity index (χ0v) is 24.6. The number of carboxylic acids is 1. The van der Waals surface area contributed by atoms with Gasteiger partial charge in [-0.2, -0.15) is 0 Å². The van der Waals surface area contributed by atoms with E-state index in [4.69, 9.17) is 5.11 Å². The highest BCUT2D eigenvalue weighted by molar-refractivity contribution is 5.88. The molecule has 1 aromatic carbocycles. The van der Waals surface area contributed by atoms with Crippen LogP contribution in [0.5, 0.6) is 0 Å². The van der Waals surface area contributed by atoms with Crippen molar-refractivity contribution in [2.75, 3.05) is 6.54 Å². The van der Waals surface area contributed by atoms with E-state index < -0.39 is 36.2 Å². The van der Waals surface area contributed by atoms with Gasteiger partial charge in [-0.3, -0.25) is 19.2 Å². The molecule has 0 spiro atoms. The second-order valence-corrected chi connectivity index (χ2v) is 12.0. The zero-order chi connectivity index (χ0) is 30.3. The summed E-state index contributed by atoms with van der Waals surface area (Å²) in [6.45, 7) is 0.0679. The number of nitrogens with one attached hydrogen (secondary N) is 3. The number of aliphatic hydroxyl groups excluding tert-OH is 2.